The topological polar surface area (TPSA) is 114 Å². The lowest BCUT2D eigenvalue weighted by molar-refractivity contribution is 0.309. The largest absolute Gasteiger partial charge is 0.308 e. The van der Waals surface area contributed by atoms with Crippen molar-refractivity contribution >= 4 is 21.2 Å². The number of sulfonamides is 1. The van der Waals surface area contributed by atoms with Gasteiger partial charge in [0.15, 0.2) is 11.2 Å². The molecule has 3 heterocycles. The van der Waals surface area contributed by atoms with Crippen LogP contribution in [0.25, 0.3) is 11.2 Å². The van der Waals surface area contributed by atoms with E-state index in [1.54, 1.807) is 28.9 Å². The maximum Gasteiger partial charge on any atom is 0.281 e. The zero-order valence-corrected chi connectivity index (χ0v) is 19.0. The lowest BCUT2D eigenvalue weighted by Gasteiger charge is -2.31. The summed E-state index contributed by atoms with van der Waals surface area (Å²) in [4.78, 5) is 20.5. The molecule has 1 N–H and O–H groups in total. The fourth-order valence-corrected chi connectivity index (χ4v) is 5.71. The Kier molecular flexibility index (Phi) is 5.55. The molecule has 1 fully saturated rings. The molecule has 2 aromatic heterocycles. The first kappa shape index (κ1) is 21.5. The summed E-state index contributed by atoms with van der Waals surface area (Å²) < 4.78 is 29.4. The van der Waals surface area contributed by atoms with Crippen LogP contribution in [-0.2, 0) is 16.6 Å². The van der Waals surface area contributed by atoms with Crippen LogP contribution < -0.4 is 5.56 Å². The highest BCUT2D eigenvalue weighted by molar-refractivity contribution is 7.89. The number of nitrogens with one attached hydrogen (secondary N) is 1. The maximum atomic E-state index is 13.2. The van der Waals surface area contributed by atoms with Gasteiger partial charge in [-0.05, 0) is 37.5 Å². The van der Waals surface area contributed by atoms with Crippen LogP contribution in [0.15, 0.2) is 64.3 Å². The van der Waals surface area contributed by atoms with Gasteiger partial charge < -0.3 is 4.98 Å². The third-order valence-electron chi connectivity index (χ3n) is 6.00. The minimum Gasteiger partial charge on any atom is -0.308 e. The second-order valence-electron chi connectivity index (χ2n) is 8.37. The van der Waals surface area contributed by atoms with Gasteiger partial charge in [0.2, 0.25) is 10.0 Å². The van der Waals surface area contributed by atoms with Gasteiger partial charge in [-0.15, -0.1) is 5.10 Å². The molecule has 1 saturated heterocycles. The van der Waals surface area contributed by atoms with Crippen LogP contribution in [0.2, 0.25) is 0 Å². The van der Waals surface area contributed by atoms with Crippen molar-refractivity contribution < 1.29 is 8.42 Å². The molecule has 10 heteroatoms. The van der Waals surface area contributed by atoms with Crippen molar-refractivity contribution in [3.05, 3.63) is 81.9 Å². The third kappa shape index (κ3) is 4.19. The van der Waals surface area contributed by atoms with Crippen LogP contribution in [0.5, 0.6) is 0 Å². The lowest BCUT2D eigenvalue weighted by atomic mass is 9.99. The number of aromatic nitrogens is 5. The predicted molar refractivity (Wildman–Crippen MR) is 123 cm³/mol. The first-order chi connectivity index (χ1) is 15.9. The number of rotatable bonds is 5. The van der Waals surface area contributed by atoms with Crippen molar-refractivity contribution in [3.63, 3.8) is 0 Å². The number of piperidine rings is 1. The van der Waals surface area contributed by atoms with E-state index in [1.807, 2.05) is 37.3 Å². The summed E-state index contributed by atoms with van der Waals surface area (Å²) in [5.41, 5.74) is 2.22. The van der Waals surface area contributed by atoms with Crippen LogP contribution in [-0.4, -0.2) is 50.8 Å². The molecule has 33 heavy (non-hydrogen) atoms. The van der Waals surface area contributed by atoms with Crippen molar-refractivity contribution in [1.82, 2.24) is 29.3 Å². The van der Waals surface area contributed by atoms with E-state index >= 15 is 0 Å². The van der Waals surface area contributed by atoms with E-state index in [-0.39, 0.29) is 28.4 Å². The average Bonchev–Trinajstić information content (AvgIpc) is 3.23. The molecule has 5 rings (SSSR count). The van der Waals surface area contributed by atoms with Gasteiger partial charge in [0.25, 0.3) is 5.56 Å². The summed E-state index contributed by atoms with van der Waals surface area (Å²) in [7, 11) is -3.63. The molecule has 4 aromatic rings. The van der Waals surface area contributed by atoms with Crippen molar-refractivity contribution in [1.29, 1.82) is 0 Å². The number of aromatic amines is 1. The summed E-state index contributed by atoms with van der Waals surface area (Å²) in [6.07, 6.45) is 1.41. The molecule has 0 spiro atoms. The summed E-state index contributed by atoms with van der Waals surface area (Å²) in [6, 6.07) is 16.6. The van der Waals surface area contributed by atoms with Gasteiger partial charge >= 0.3 is 0 Å². The average molecular weight is 465 g/mol. The minimum atomic E-state index is -3.63. The SMILES string of the molecule is Cc1ccc(S(=O)(=O)N2CCCC(c3nc4c(nnn4Cc4ccccc4)c(=O)[nH]3)C2)cc1. The first-order valence-electron chi connectivity index (χ1n) is 10.9. The third-order valence-corrected chi connectivity index (χ3v) is 7.88. The second kappa shape index (κ2) is 8.53. The Labute approximate surface area is 191 Å². The van der Waals surface area contributed by atoms with E-state index in [0.717, 1.165) is 17.5 Å². The van der Waals surface area contributed by atoms with Crippen LogP contribution >= 0.6 is 0 Å². The fourth-order valence-electron chi connectivity index (χ4n) is 4.18. The second-order valence-corrected chi connectivity index (χ2v) is 10.3. The van der Waals surface area contributed by atoms with E-state index < -0.39 is 10.0 Å². The molecule has 1 atom stereocenters. The summed E-state index contributed by atoms with van der Waals surface area (Å²) >= 11 is 0. The van der Waals surface area contributed by atoms with E-state index in [4.69, 9.17) is 0 Å². The lowest BCUT2D eigenvalue weighted by Crippen LogP contribution is -2.39. The molecule has 1 aliphatic rings. The quantitative estimate of drug-likeness (QED) is 0.485. The predicted octanol–water partition coefficient (Wildman–Crippen LogP) is 2.44. The van der Waals surface area contributed by atoms with Gasteiger partial charge in [0, 0.05) is 19.0 Å². The van der Waals surface area contributed by atoms with E-state index in [0.29, 0.717) is 31.0 Å². The first-order valence-corrected chi connectivity index (χ1v) is 12.3. The molecular formula is C23H24N6O3S. The molecule has 0 bridgehead atoms. The van der Waals surface area contributed by atoms with Gasteiger partial charge in [-0.1, -0.05) is 53.2 Å². The molecule has 170 valence electrons. The van der Waals surface area contributed by atoms with Gasteiger partial charge in [-0.3, -0.25) is 4.79 Å². The minimum absolute atomic E-state index is 0.176. The molecule has 2 aromatic carbocycles. The van der Waals surface area contributed by atoms with Crippen molar-refractivity contribution in [3.8, 4) is 0 Å². The highest BCUT2D eigenvalue weighted by Gasteiger charge is 2.32. The number of H-pyrrole nitrogens is 1. The van der Waals surface area contributed by atoms with Crippen LogP contribution in [0, 0.1) is 6.92 Å². The summed E-state index contributed by atoms with van der Waals surface area (Å²) in [5.74, 6) is 0.240. The number of aryl methyl sites for hydroxylation is 1. The smallest absolute Gasteiger partial charge is 0.281 e. The van der Waals surface area contributed by atoms with Crippen LogP contribution in [0.1, 0.15) is 35.7 Å². The monoisotopic (exact) mass is 464 g/mol. The van der Waals surface area contributed by atoms with Crippen LogP contribution in [0.3, 0.4) is 0 Å². The fraction of sp³-hybridized carbons (Fsp3) is 0.304. The Hall–Kier alpha value is -3.37. The Morgan fingerprint density at radius 1 is 1.09 bits per heavy atom. The number of fused-ring (bicyclic) bond motifs is 1. The van der Waals surface area contributed by atoms with E-state index in [9.17, 15) is 13.2 Å². The van der Waals surface area contributed by atoms with Crippen molar-refractivity contribution in [2.75, 3.05) is 13.1 Å². The molecule has 0 radical (unpaired) electrons. The van der Waals surface area contributed by atoms with Gasteiger partial charge in [-0.2, -0.15) is 4.31 Å². The number of hydrogen-bond donors (Lipinski definition) is 1. The standard InChI is InChI=1S/C23H24N6O3S/c1-16-9-11-19(12-10-16)33(31,32)28-13-5-8-18(15-28)21-24-22-20(23(30)25-21)26-27-29(22)14-17-6-3-2-4-7-17/h2-4,6-7,9-12,18H,5,8,13-15H2,1H3,(H,24,25,30). The van der Waals surface area contributed by atoms with Gasteiger partial charge in [0.05, 0.1) is 11.4 Å². The zero-order chi connectivity index (χ0) is 23.0. The Balaban J connectivity index is 1.45. The summed E-state index contributed by atoms with van der Waals surface area (Å²) in [6.45, 7) is 3.05. The van der Waals surface area contributed by atoms with Gasteiger partial charge in [-0.25, -0.2) is 18.1 Å². The van der Waals surface area contributed by atoms with Crippen molar-refractivity contribution in [2.45, 2.75) is 37.1 Å². The number of hydrogen-bond acceptors (Lipinski definition) is 6. The molecule has 1 aliphatic heterocycles. The molecule has 0 aliphatic carbocycles. The molecule has 9 nitrogen and oxygen atoms in total. The summed E-state index contributed by atoms with van der Waals surface area (Å²) in [5, 5.41) is 8.12. The number of nitrogens with zero attached hydrogens (tertiary/aromatic N) is 5. The maximum absolute atomic E-state index is 13.2. The Bertz CT molecular complexity index is 1450. The molecular weight excluding hydrogens is 440 g/mol. The highest BCUT2D eigenvalue weighted by atomic mass is 32.2. The zero-order valence-electron chi connectivity index (χ0n) is 18.2. The Morgan fingerprint density at radius 2 is 1.85 bits per heavy atom. The molecule has 0 saturated carbocycles. The van der Waals surface area contributed by atoms with E-state index in [2.05, 4.69) is 20.3 Å². The highest BCUT2D eigenvalue weighted by Crippen LogP contribution is 2.29. The van der Waals surface area contributed by atoms with Gasteiger partial charge in [0.1, 0.15) is 5.82 Å². The molecule has 0 amide bonds. The Morgan fingerprint density at radius 3 is 2.61 bits per heavy atom. The number of benzene rings is 2. The van der Waals surface area contributed by atoms with Crippen molar-refractivity contribution in [2.24, 2.45) is 0 Å². The normalized spacial score (nSPS) is 17.4. The van der Waals surface area contributed by atoms with E-state index in [1.165, 1.54) is 4.31 Å². The van der Waals surface area contributed by atoms with Crippen LogP contribution in [0.4, 0.5) is 0 Å². The molecule has 1 unspecified atom stereocenters.